The number of alkyl halides is 3. The number of nitrogens with one attached hydrogen (secondary N) is 2. The first-order valence-electron chi connectivity index (χ1n) is 8.36. The molecule has 1 rings (SSSR count). The van der Waals surface area contributed by atoms with E-state index < -0.39 is 24.1 Å². The van der Waals surface area contributed by atoms with Crippen molar-refractivity contribution in [3.63, 3.8) is 0 Å². The summed E-state index contributed by atoms with van der Waals surface area (Å²) in [5, 5.41) is 13.7. The Bertz CT molecular complexity index is 427. The summed E-state index contributed by atoms with van der Waals surface area (Å²) >= 11 is 0. The summed E-state index contributed by atoms with van der Waals surface area (Å²) < 4.78 is 46.1. The number of rotatable bonds is 8. The molecule has 0 radical (unpaired) electrons. The van der Waals surface area contributed by atoms with Crippen molar-refractivity contribution in [2.75, 3.05) is 32.8 Å². The van der Waals surface area contributed by atoms with Gasteiger partial charge in [-0.1, -0.05) is 25.0 Å². The highest BCUT2D eigenvalue weighted by Crippen LogP contribution is 2.41. The van der Waals surface area contributed by atoms with Gasteiger partial charge in [0.1, 0.15) is 0 Å². The zero-order valence-corrected chi connectivity index (χ0v) is 14.0. The maximum absolute atomic E-state index is 13.7. The number of allylic oxidation sites excluding steroid dienone is 1. The Balaban J connectivity index is 2.86. The molecule has 0 aromatic carbocycles. The third-order valence-electron chi connectivity index (χ3n) is 3.89. The predicted octanol–water partition coefficient (Wildman–Crippen LogP) is 1.91. The van der Waals surface area contributed by atoms with Gasteiger partial charge in [-0.2, -0.15) is 13.2 Å². The number of carbonyl (C=O) groups is 1. The third kappa shape index (κ3) is 5.75. The van der Waals surface area contributed by atoms with Crippen molar-refractivity contribution < 1.29 is 27.8 Å². The maximum Gasteiger partial charge on any atom is 0.426 e. The number of halogens is 3. The van der Waals surface area contributed by atoms with Crippen LogP contribution in [0, 0.1) is 0 Å². The lowest BCUT2D eigenvalue weighted by atomic mass is 9.90. The van der Waals surface area contributed by atoms with E-state index in [2.05, 4.69) is 10.6 Å². The van der Waals surface area contributed by atoms with E-state index in [4.69, 9.17) is 9.84 Å². The molecule has 0 aliphatic carbocycles. The number of aliphatic hydroxyl groups is 1. The van der Waals surface area contributed by atoms with Crippen molar-refractivity contribution in [2.45, 2.75) is 50.8 Å². The predicted molar refractivity (Wildman–Crippen MR) is 84.5 cm³/mol. The van der Waals surface area contributed by atoms with Gasteiger partial charge < -0.3 is 20.5 Å². The lowest BCUT2D eigenvalue weighted by Gasteiger charge is -2.33. The molecule has 3 N–H and O–H groups in total. The Labute approximate surface area is 140 Å². The van der Waals surface area contributed by atoms with Crippen LogP contribution in [-0.4, -0.2) is 55.6 Å². The summed E-state index contributed by atoms with van der Waals surface area (Å²) in [7, 11) is 0. The summed E-state index contributed by atoms with van der Waals surface area (Å²) in [5.41, 5.74) is -2.19. The Morgan fingerprint density at radius 1 is 1.38 bits per heavy atom. The Kier molecular flexibility index (Phi) is 8.72. The zero-order chi connectivity index (χ0) is 18.1. The lowest BCUT2D eigenvalue weighted by molar-refractivity contribution is -0.265. The summed E-state index contributed by atoms with van der Waals surface area (Å²) in [6.07, 6.45) is -0.924. The average molecular weight is 352 g/mol. The van der Waals surface area contributed by atoms with E-state index in [0.717, 1.165) is 6.42 Å². The molecule has 1 unspecified atom stereocenters. The smallest absolute Gasteiger partial charge is 0.395 e. The SMILES string of the molecule is CCCC=C1CCCOC(C(=O)NCCNCCO)(C(F)(F)F)C1. The van der Waals surface area contributed by atoms with Crippen molar-refractivity contribution >= 4 is 5.91 Å². The van der Waals surface area contributed by atoms with E-state index in [1.165, 1.54) is 0 Å². The molecule has 1 heterocycles. The summed E-state index contributed by atoms with van der Waals surface area (Å²) in [6.45, 7) is 2.41. The number of hydrogen-bond acceptors (Lipinski definition) is 4. The third-order valence-corrected chi connectivity index (χ3v) is 3.89. The summed E-state index contributed by atoms with van der Waals surface area (Å²) in [6, 6.07) is 0. The maximum atomic E-state index is 13.7. The minimum atomic E-state index is -4.79. The van der Waals surface area contributed by atoms with Gasteiger partial charge in [0.25, 0.3) is 5.91 Å². The second-order valence-corrected chi connectivity index (χ2v) is 5.83. The van der Waals surface area contributed by atoms with E-state index in [1.54, 1.807) is 6.08 Å². The van der Waals surface area contributed by atoms with Gasteiger partial charge in [-0.25, -0.2) is 0 Å². The average Bonchev–Trinajstić information content (AvgIpc) is 2.75. The molecule has 1 amide bonds. The molecule has 140 valence electrons. The molecule has 0 spiro atoms. The minimum absolute atomic E-state index is 0.0357. The molecule has 0 aromatic heterocycles. The topological polar surface area (TPSA) is 70.6 Å². The number of hydrogen-bond donors (Lipinski definition) is 3. The first kappa shape index (κ1) is 20.9. The van der Waals surface area contributed by atoms with Crippen LogP contribution in [0.2, 0.25) is 0 Å². The Hall–Kier alpha value is -1.12. The molecule has 1 aliphatic heterocycles. The number of aliphatic hydroxyl groups excluding tert-OH is 1. The van der Waals surface area contributed by atoms with Crippen molar-refractivity contribution in [1.29, 1.82) is 0 Å². The van der Waals surface area contributed by atoms with Gasteiger partial charge in [-0.05, 0) is 19.3 Å². The van der Waals surface area contributed by atoms with Gasteiger partial charge in [-0.15, -0.1) is 0 Å². The fraction of sp³-hybridized carbons (Fsp3) is 0.812. The van der Waals surface area contributed by atoms with Crippen LogP contribution in [-0.2, 0) is 9.53 Å². The Morgan fingerprint density at radius 3 is 2.75 bits per heavy atom. The molecule has 1 fully saturated rings. The zero-order valence-electron chi connectivity index (χ0n) is 14.0. The monoisotopic (exact) mass is 352 g/mol. The van der Waals surface area contributed by atoms with E-state index >= 15 is 0 Å². The van der Waals surface area contributed by atoms with Crippen molar-refractivity contribution in [3.05, 3.63) is 11.6 Å². The van der Waals surface area contributed by atoms with Crippen LogP contribution in [0.15, 0.2) is 11.6 Å². The number of amides is 1. The fourth-order valence-corrected chi connectivity index (χ4v) is 2.60. The molecular formula is C16H27F3N2O3. The normalized spacial score (nSPS) is 24.0. The first-order chi connectivity index (χ1) is 11.4. The van der Waals surface area contributed by atoms with Crippen molar-refractivity contribution in [2.24, 2.45) is 0 Å². The van der Waals surface area contributed by atoms with Crippen molar-refractivity contribution in [3.8, 4) is 0 Å². The first-order valence-corrected chi connectivity index (χ1v) is 8.36. The van der Waals surface area contributed by atoms with Crippen LogP contribution in [0.1, 0.15) is 39.0 Å². The van der Waals surface area contributed by atoms with Gasteiger partial charge in [0.2, 0.25) is 5.60 Å². The van der Waals surface area contributed by atoms with E-state index in [1.807, 2.05) is 6.92 Å². The van der Waals surface area contributed by atoms with Crippen LogP contribution in [0.5, 0.6) is 0 Å². The highest BCUT2D eigenvalue weighted by Gasteiger charge is 2.62. The number of ether oxygens (including phenoxy) is 1. The molecule has 8 heteroatoms. The van der Waals surface area contributed by atoms with E-state index in [-0.39, 0.29) is 26.3 Å². The molecule has 1 saturated heterocycles. The van der Waals surface area contributed by atoms with Gasteiger partial charge in [-0.3, -0.25) is 4.79 Å². The molecule has 1 aliphatic rings. The van der Waals surface area contributed by atoms with E-state index in [0.29, 0.717) is 31.4 Å². The van der Waals surface area contributed by atoms with Gasteiger partial charge in [0, 0.05) is 32.7 Å². The van der Waals surface area contributed by atoms with Crippen LogP contribution in [0.25, 0.3) is 0 Å². The minimum Gasteiger partial charge on any atom is -0.395 e. The van der Waals surface area contributed by atoms with Crippen LogP contribution in [0.4, 0.5) is 13.2 Å². The molecule has 24 heavy (non-hydrogen) atoms. The second kappa shape index (κ2) is 10.0. The number of unbranched alkanes of at least 4 members (excludes halogenated alkanes) is 1. The molecule has 0 saturated carbocycles. The van der Waals surface area contributed by atoms with Crippen LogP contribution in [0.3, 0.4) is 0 Å². The molecule has 0 aromatic rings. The molecular weight excluding hydrogens is 325 g/mol. The van der Waals surface area contributed by atoms with E-state index in [9.17, 15) is 18.0 Å². The van der Waals surface area contributed by atoms with Gasteiger partial charge in [0.15, 0.2) is 0 Å². The largest absolute Gasteiger partial charge is 0.426 e. The summed E-state index contributed by atoms with van der Waals surface area (Å²) in [5.74, 6) is -1.15. The van der Waals surface area contributed by atoms with Crippen LogP contribution < -0.4 is 10.6 Å². The number of carbonyl (C=O) groups excluding carboxylic acids is 1. The quantitative estimate of drug-likeness (QED) is 0.461. The molecule has 5 nitrogen and oxygen atoms in total. The molecule has 0 bridgehead atoms. The Morgan fingerprint density at radius 2 is 2.12 bits per heavy atom. The van der Waals surface area contributed by atoms with Gasteiger partial charge in [0.05, 0.1) is 6.61 Å². The van der Waals surface area contributed by atoms with Crippen molar-refractivity contribution in [1.82, 2.24) is 10.6 Å². The standard InChI is InChI=1S/C16H27F3N2O3/c1-2-3-5-13-6-4-11-24-15(12-13,16(17,18)19)14(23)21-8-7-20-9-10-22/h5,20,22H,2-4,6-12H2,1H3,(H,21,23). The lowest BCUT2D eigenvalue weighted by Crippen LogP contribution is -2.59. The fourth-order valence-electron chi connectivity index (χ4n) is 2.60. The highest BCUT2D eigenvalue weighted by atomic mass is 19.4. The van der Waals surface area contributed by atoms with Gasteiger partial charge >= 0.3 is 6.18 Å². The highest BCUT2D eigenvalue weighted by molar-refractivity contribution is 5.86. The molecule has 1 atom stereocenters. The summed E-state index contributed by atoms with van der Waals surface area (Å²) in [4.78, 5) is 12.3. The van der Waals surface area contributed by atoms with Crippen LogP contribution >= 0.6 is 0 Å². The second-order valence-electron chi connectivity index (χ2n) is 5.83.